The van der Waals surface area contributed by atoms with Gasteiger partial charge in [-0.2, -0.15) is 0 Å². The molecule has 0 aromatic heterocycles. The van der Waals surface area contributed by atoms with Gasteiger partial charge in [-0.3, -0.25) is 9.59 Å². The molecule has 0 aromatic carbocycles. The molecule has 0 spiro atoms. The van der Waals surface area contributed by atoms with Crippen LogP contribution in [0.5, 0.6) is 0 Å². The van der Waals surface area contributed by atoms with Crippen molar-refractivity contribution >= 4 is 11.9 Å². The highest BCUT2D eigenvalue weighted by atomic mass is 16.6. The summed E-state index contributed by atoms with van der Waals surface area (Å²) < 4.78 is 10.5. The summed E-state index contributed by atoms with van der Waals surface area (Å²) in [5, 5.41) is 9.53. The number of hydrogen-bond acceptors (Lipinski definition) is 5. The number of esters is 2. The molecule has 0 saturated carbocycles. The lowest BCUT2D eigenvalue weighted by Gasteiger charge is -2.15. The van der Waals surface area contributed by atoms with E-state index in [1.54, 1.807) is 6.08 Å². The summed E-state index contributed by atoms with van der Waals surface area (Å²) in [6, 6.07) is 0. The summed E-state index contributed by atoms with van der Waals surface area (Å²) in [6.45, 7) is 3.92. The van der Waals surface area contributed by atoms with Crippen LogP contribution in [0, 0.1) is 0 Å². The van der Waals surface area contributed by atoms with Crippen molar-refractivity contribution in [3.05, 3.63) is 72.9 Å². The standard InChI is InChI=1S/C43H72O5/c1-3-5-7-9-11-13-15-17-19-20-21-22-24-25-27-29-31-33-35-37-42(45)47-40-41(39-44)48-43(46)38-36-34-32-30-28-26-23-18-16-14-12-10-8-6-4-2/h6,8,12,14,17-19,23,28,30,34,36,41,44H,3-5,7,9-11,13,15-16,20-22,24-27,29,31-33,35,37-40H2,1-2H3/b8-6-,14-12-,19-17-,23-18-,30-28-,36-34-. The number of ether oxygens (including phenoxy) is 2. The molecule has 0 amide bonds. The third-order valence-corrected chi connectivity index (χ3v) is 8.02. The van der Waals surface area contributed by atoms with E-state index < -0.39 is 12.1 Å². The zero-order valence-electron chi connectivity index (χ0n) is 31.0. The number of carbonyl (C=O) groups excluding carboxylic acids is 2. The van der Waals surface area contributed by atoms with E-state index in [0.29, 0.717) is 6.42 Å². The molecule has 0 radical (unpaired) electrons. The van der Waals surface area contributed by atoms with Gasteiger partial charge in [0.2, 0.25) is 0 Å². The van der Waals surface area contributed by atoms with Crippen LogP contribution in [0.4, 0.5) is 0 Å². The van der Waals surface area contributed by atoms with E-state index >= 15 is 0 Å². The Hall–Kier alpha value is -2.66. The Labute approximate surface area is 295 Å². The smallest absolute Gasteiger partial charge is 0.310 e. The Balaban J connectivity index is 3.67. The van der Waals surface area contributed by atoms with Gasteiger partial charge in [-0.1, -0.05) is 164 Å². The number of aliphatic hydroxyl groups is 1. The first-order valence-corrected chi connectivity index (χ1v) is 19.5. The van der Waals surface area contributed by atoms with Crippen LogP contribution >= 0.6 is 0 Å². The number of aliphatic hydroxyl groups excluding tert-OH is 1. The van der Waals surface area contributed by atoms with Crippen LogP contribution in [0.15, 0.2) is 72.9 Å². The molecule has 5 heteroatoms. The van der Waals surface area contributed by atoms with Gasteiger partial charge in [0.25, 0.3) is 0 Å². The average molecular weight is 669 g/mol. The van der Waals surface area contributed by atoms with E-state index in [1.807, 2.05) is 6.08 Å². The van der Waals surface area contributed by atoms with E-state index in [1.165, 1.54) is 89.9 Å². The monoisotopic (exact) mass is 669 g/mol. The highest BCUT2D eigenvalue weighted by molar-refractivity contribution is 5.71. The first-order valence-electron chi connectivity index (χ1n) is 19.5. The van der Waals surface area contributed by atoms with E-state index in [4.69, 9.17) is 9.47 Å². The van der Waals surface area contributed by atoms with Gasteiger partial charge in [0.1, 0.15) is 6.61 Å². The van der Waals surface area contributed by atoms with Crippen molar-refractivity contribution in [3.8, 4) is 0 Å². The highest BCUT2D eigenvalue weighted by Crippen LogP contribution is 2.13. The number of hydrogen-bond donors (Lipinski definition) is 1. The van der Waals surface area contributed by atoms with Crippen LogP contribution in [0.1, 0.15) is 168 Å². The molecule has 1 unspecified atom stereocenters. The fourth-order valence-electron chi connectivity index (χ4n) is 5.09. The van der Waals surface area contributed by atoms with Crippen molar-refractivity contribution in [1.82, 2.24) is 0 Å². The van der Waals surface area contributed by atoms with Crippen LogP contribution in [-0.4, -0.2) is 36.4 Å². The van der Waals surface area contributed by atoms with Gasteiger partial charge in [0.15, 0.2) is 6.10 Å². The number of allylic oxidation sites excluding steroid dienone is 11. The number of rotatable bonds is 34. The molecule has 48 heavy (non-hydrogen) atoms. The molecule has 0 heterocycles. The molecule has 0 aromatic rings. The molecule has 0 fully saturated rings. The average Bonchev–Trinajstić information content (AvgIpc) is 3.09. The SMILES string of the molecule is CC/C=C\C/C=C\C/C=C\C/C=C\C/C=C\CC(=O)OC(CO)COC(=O)CCCCCCCCCCC/C=C\CCCCCCCC. The summed E-state index contributed by atoms with van der Waals surface area (Å²) in [6.07, 6.45) is 51.3. The Morgan fingerprint density at radius 1 is 0.521 bits per heavy atom. The summed E-state index contributed by atoms with van der Waals surface area (Å²) >= 11 is 0. The molecule has 0 rings (SSSR count). The molecule has 1 N–H and O–H groups in total. The topological polar surface area (TPSA) is 72.8 Å². The Morgan fingerprint density at radius 2 is 0.958 bits per heavy atom. The molecule has 5 nitrogen and oxygen atoms in total. The van der Waals surface area contributed by atoms with Crippen LogP contribution in [0.25, 0.3) is 0 Å². The molecular weight excluding hydrogens is 596 g/mol. The van der Waals surface area contributed by atoms with Gasteiger partial charge in [0.05, 0.1) is 13.0 Å². The molecule has 1 atom stereocenters. The molecular formula is C43H72O5. The largest absolute Gasteiger partial charge is 0.462 e. The zero-order chi connectivity index (χ0) is 35.0. The van der Waals surface area contributed by atoms with Crippen LogP contribution in [0.3, 0.4) is 0 Å². The Morgan fingerprint density at radius 3 is 1.44 bits per heavy atom. The van der Waals surface area contributed by atoms with Gasteiger partial charge in [-0.15, -0.1) is 0 Å². The predicted molar refractivity (Wildman–Crippen MR) is 205 cm³/mol. The quantitative estimate of drug-likeness (QED) is 0.0420. The first-order chi connectivity index (χ1) is 23.6. The number of carbonyl (C=O) groups is 2. The summed E-state index contributed by atoms with van der Waals surface area (Å²) in [7, 11) is 0. The van der Waals surface area contributed by atoms with Crippen molar-refractivity contribution < 1.29 is 24.2 Å². The normalized spacial score (nSPS) is 13.0. The highest BCUT2D eigenvalue weighted by Gasteiger charge is 2.15. The lowest BCUT2D eigenvalue weighted by molar-refractivity contribution is -0.160. The molecule has 0 aliphatic carbocycles. The molecule has 0 saturated heterocycles. The lowest BCUT2D eigenvalue weighted by atomic mass is 10.1. The zero-order valence-corrected chi connectivity index (χ0v) is 31.0. The predicted octanol–water partition coefficient (Wildman–Crippen LogP) is 12.2. The molecule has 0 aliphatic rings. The van der Waals surface area contributed by atoms with Crippen molar-refractivity contribution in [2.24, 2.45) is 0 Å². The van der Waals surface area contributed by atoms with Crippen molar-refractivity contribution in [3.63, 3.8) is 0 Å². The summed E-state index contributed by atoms with van der Waals surface area (Å²) in [5.41, 5.74) is 0. The van der Waals surface area contributed by atoms with Gasteiger partial charge in [0, 0.05) is 6.42 Å². The van der Waals surface area contributed by atoms with Gasteiger partial charge in [-0.25, -0.2) is 0 Å². The van der Waals surface area contributed by atoms with E-state index in [9.17, 15) is 14.7 Å². The van der Waals surface area contributed by atoms with Crippen LogP contribution in [-0.2, 0) is 19.1 Å². The van der Waals surface area contributed by atoms with E-state index in [-0.39, 0.29) is 25.6 Å². The third kappa shape index (κ3) is 36.2. The van der Waals surface area contributed by atoms with Gasteiger partial charge < -0.3 is 14.6 Å². The van der Waals surface area contributed by atoms with Crippen LogP contribution < -0.4 is 0 Å². The maximum atomic E-state index is 12.1. The van der Waals surface area contributed by atoms with Crippen molar-refractivity contribution in [1.29, 1.82) is 0 Å². The maximum absolute atomic E-state index is 12.1. The Kier molecular flexibility index (Phi) is 36.6. The maximum Gasteiger partial charge on any atom is 0.310 e. The summed E-state index contributed by atoms with van der Waals surface area (Å²) in [5.74, 6) is -0.745. The summed E-state index contributed by atoms with van der Waals surface area (Å²) in [4.78, 5) is 24.2. The lowest BCUT2D eigenvalue weighted by Crippen LogP contribution is -2.28. The minimum Gasteiger partial charge on any atom is -0.462 e. The van der Waals surface area contributed by atoms with Gasteiger partial charge in [-0.05, 0) is 64.2 Å². The molecule has 0 bridgehead atoms. The third-order valence-electron chi connectivity index (χ3n) is 8.02. The second-order valence-corrected chi connectivity index (χ2v) is 12.6. The first kappa shape index (κ1) is 45.3. The minimum atomic E-state index is -0.828. The van der Waals surface area contributed by atoms with E-state index in [2.05, 4.69) is 74.6 Å². The molecule has 0 aliphatic heterocycles. The fourth-order valence-corrected chi connectivity index (χ4v) is 5.09. The van der Waals surface area contributed by atoms with Crippen LogP contribution in [0.2, 0.25) is 0 Å². The number of unbranched alkanes of at least 4 members (excludes halogenated alkanes) is 15. The second-order valence-electron chi connectivity index (χ2n) is 12.6. The molecule has 274 valence electrons. The van der Waals surface area contributed by atoms with Gasteiger partial charge >= 0.3 is 11.9 Å². The fraction of sp³-hybridized carbons (Fsp3) is 0.674. The van der Waals surface area contributed by atoms with Crippen molar-refractivity contribution in [2.75, 3.05) is 13.2 Å². The van der Waals surface area contributed by atoms with E-state index in [0.717, 1.165) is 51.4 Å². The second kappa shape index (κ2) is 38.8. The minimum absolute atomic E-state index is 0.109. The Bertz CT molecular complexity index is 895. The van der Waals surface area contributed by atoms with Crippen molar-refractivity contribution in [2.45, 2.75) is 174 Å².